The molecule has 11 N–H and O–H groups in total. The predicted octanol–water partition coefficient (Wildman–Crippen LogP) is -3.49. The Labute approximate surface area is 282 Å². The number of hydrogen-bond donors (Lipinski definition) is 11. The molecule has 2 fully saturated rings. The summed E-state index contributed by atoms with van der Waals surface area (Å²) in [5.41, 5.74) is 0.0544. The molecule has 0 radical (unpaired) electrons. The number of hydrogen-bond acceptors (Lipinski definition) is 15. The lowest BCUT2D eigenvalue weighted by Crippen LogP contribution is -2.67. The summed E-state index contributed by atoms with van der Waals surface area (Å²) in [6.07, 6.45) is -16.1. The Hall–Kier alpha value is -3.01. The number of para-hydroxylation sites is 1. The van der Waals surface area contributed by atoms with E-state index in [0.717, 1.165) is 13.8 Å². The Morgan fingerprint density at radius 3 is 2.27 bits per heavy atom. The molecule has 1 heterocycles. The number of aliphatic hydroxyl groups excluding tert-OH is 7. The zero-order chi connectivity index (χ0) is 36.6. The molecule has 278 valence electrons. The molecule has 14 atom stereocenters. The lowest BCUT2D eigenvalue weighted by molar-refractivity contribution is -0.303. The number of aromatic carboxylic acids is 1. The van der Waals surface area contributed by atoms with Crippen LogP contribution in [0.2, 0.25) is 0 Å². The third-order valence-electron chi connectivity index (χ3n) is 8.72. The number of rotatable bonds is 16. The molecule has 1 aliphatic heterocycles. The molecule has 0 aromatic heterocycles. The second-order valence-corrected chi connectivity index (χ2v) is 12.4. The Morgan fingerprint density at radius 2 is 1.67 bits per heavy atom. The predicted molar refractivity (Wildman–Crippen MR) is 168 cm³/mol. The number of carbonyl (C=O) groups is 3. The number of ether oxygens (including phenoxy) is 4. The molecule has 1 aliphatic carbocycles. The van der Waals surface area contributed by atoms with Crippen molar-refractivity contribution in [1.82, 2.24) is 10.6 Å². The largest absolute Gasteiger partial charge is 0.478 e. The molecule has 2 aliphatic rings. The lowest BCUT2D eigenvalue weighted by atomic mass is 9.82. The van der Waals surface area contributed by atoms with Crippen LogP contribution in [0.5, 0.6) is 0 Å². The van der Waals surface area contributed by atoms with Gasteiger partial charge in [0.1, 0.15) is 54.9 Å². The van der Waals surface area contributed by atoms with Crippen LogP contribution in [0.4, 0.5) is 5.69 Å². The summed E-state index contributed by atoms with van der Waals surface area (Å²) in [7, 11) is 1.25. The van der Waals surface area contributed by atoms with Crippen molar-refractivity contribution in [2.45, 2.75) is 107 Å². The number of carboxylic acids is 1. The van der Waals surface area contributed by atoms with Gasteiger partial charge in [-0.2, -0.15) is 0 Å². The first kappa shape index (κ1) is 40.4. The van der Waals surface area contributed by atoms with E-state index < -0.39 is 116 Å². The maximum absolute atomic E-state index is 12.3. The van der Waals surface area contributed by atoms with Crippen molar-refractivity contribution in [3.8, 4) is 0 Å². The van der Waals surface area contributed by atoms with Crippen molar-refractivity contribution < 1.29 is 74.2 Å². The van der Waals surface area contributed by atoms with E-state index in [1.54, 1.807) is 13.0 Å². The normalized spacial score (nSPS) is 32.7. The minimum absolute atomic E-state index is 0.0980. The van der Waals surface area contributed by atoms with E-state index in [2.05, 4.69) is 16.0 Å². The fraction of sp³-hybridized carbons (Fsp3) is 0.710. The molecule has 1 saturated carbocycles. The summed E-state index contributed by atoms with van der Waals surface area (Å²) in [6.45, 7) is 2.37. The van der Waals surface area contributed by atoms with Crippen LogP contribution in [-0.4, -0.2) is 165 Å². The summed E-state index contributed by atoms with van der Waals surface area (Å²) in [5, 5.41) is 92.6. The second kappa shape index (κ2) is 18.3. The zero-order valence-corrected chi connectivity index (χ0v) is 27.7. The van der Waals surface area contributed by atoms with Gasteiger partial charge < -0.3 is 75.8 Å². The van der Waals surface area contributed by atoms with Gasteiger partial charge in [-0.05, 0) is 24.5 Å². The number of amides is 2. The fourth-order valence-corrected chi connectivity index (χ4v) is 6.09. The standard InChI is InChI=1S/C31H49N3O15/c1-13-9-20(25(41)27(43)23(13)39)47-12-19(38)28(49-31-22(34-15(3)37)26(42)29(46-4)21(11-35)48-31)24(40)18(33-14(2)36)10-32-17-8-6-5-7-16(17)30(44)45/h5-8,13,18-29,31-32,35,38-43H,9-12H2,1-4H3,(H,33,36)(H,34,37)(H,44,45)/t13-,18?,19?,20+,21?,22?,23-,24-,25?,26-,27?,28+,29+,31+/m1/s1. The van der Waals surface area contributed by atoms with E-state index in [1.807, 2.05) is 0 Å². The molecule has 6 unspecified atom stereocenters. The van der Waals surface area contributed by atoms with Crippen LogP contribution >= 0.6 is 0 Å². The molecular formula is C31H49N3O15. The van der Waals surface area contributed by atoms with Crippen molar-refractivity contribution in [2.75, 3.05) is 32.2 Å². The number of anilines is 1. The van der Waals surface area contributed by atoms with Gasteiger partial charge in [0.2, 0.25) is 11.8 Å². The first-order chi connectivity index (χ1) is 23.1. The third-order valence-corrected chi connectivity index (χ3v) is 8.72. The van der Waals surface area contributed by atoms with Crippen LogP contribution in [0.1, 0.15) is 37.6 Å². The van der Waals surface area contributed by atoms with Gasteiger partial charge in [0.05, 0.1) is 37.0 Å². The molecule has 1 aromatic rings. The highest BCUT2D eigenvalue weighted by Gasteiger charge is 2.49. The van der Waals surface area contributed by atoms with Gasteiger partial charge in [0, 0.05) is 33.2 Å². The Morgan fingerprint density at radius 1 is 1.00 bits per heavy atom. The molecule has 2 amide bonds. The Balaban J connectivity index is 1.95. The van der Waals surface area contributed by atoms with E-state index >= 15 is 0 Å². The summed E-state index contributed by atoms with van der Waals surface area (Å²) in [4.78, 5) is 36.1. The van der Waals surface area contributed by atoms with Gasteiger partial charge in [-0.15, -0.1) is 0 Å². The first-order valence-corrected chi connectivity index (χ1v) is 15.9. The summed E-state index contributed by atoms with van der Waals surface area (Å²) in [6, 6.07) is 3.25. The Bertz CT molecular complexity index is 1240. The molecule has 0 spiro atoms. The van der Waals surface area contributed by atoms with Crippen LogP contribution in [0, 0.1) is 5.92 Å². The Kier molecular flexibility index (Phi) is 15.1. The molecule has 0 bridgehead atoms. The van der Waals surface area contributed by atoms with Gasteiger partial charge in [0.25, 0.3) is 0 Å². The van der Waals surface area contributed by atoms with Crippen molar-refractivity contribution in [1.29, 1.82) is 0 Å². The number of methoxy groups -OCH3 is 1. The monoisotopic (exact) mass is 703 g/mol. The number of nitrogens with one attached hydrogen (secondary N) is 3. The molecular weight excluding hydrogens is 654 g/mol. The fourth-order valence-electron chi connectivity index (χ4n) is 6.09. The maximum atomic E-state index is 12.3. The average Bonchev–Trinajstić information content (AvgIpc) is 3.05. The minimum atomic E-state index is -1.83. The van der Waals surface area contributed by atoms with Gasteiger partial charge in [0.15, 0.2) is 6.29 Å². The van der Waals surface area contributed by atoms with Gasteiger partial charge >= 0.3 is 5.97 Å². The van der Waals surface area contributed by atoms with E-state index in [1.165, 1.54) is 25.3 Å². The van der Waals surface area contributed by atoms with Crippen LogP contribution in [0.15, 0.2) is 24.3 Å². The highest BCUT2D eigenvalue weighted by atomic mass is 16.7. The summed E-state index contributed by atoms with van der Waals surface area (Å²) < 4.78 is 22.9. The summed E-state index contributed by atoms with van der Waals surface area (Å²) >= 11 is 0. The first-order valence-electron chi connectivity index (χ1n) is 15.9. The molecule has 49 heavy (non-hydrogen) atoms. The number of carboxylic acid groups (broad SMARTS) is 1. The molecule has 18 nitrogen and oxygen atoms in total. The van der Waals surface area contributed by atoms with E-state index in [0.29, 0.717) is 0 Å². The number of carbonyl (C=O) groups excluding carboxylic acids is 2. The smallest absolute Gasteiger partial charge is 0.337 e. The lowest BCUT2D eigenvalue weighted by Gasteiger charge is -2.46. The zero-order valence-electron chi connectivity index (χ0n) is 27.7. The maximum Gasteiger partial charge on any atom is 0.337 e. The second-order valence-electron chi connectivity index (χ2n) is 12.4. The quantitative estimate of drug-likeness (QED) is 0.0797. The van der Waals surface area contributed by atoms with E-state index in [4.69, 9.17) is 18.9 Å². The van der Waals surface area contributed by atoms with Gasteiger partial charge in [-0.3, -0.25) is 9.59 Å². The third kappa shape index (κ3) is 10.3. The van der Waals surface area contributed by atoms with Crippen LogP contribution in [-0.2, 0) is 28.5 Å². The SMILES string of the molecule is CO[C@H]1C(CO)O[C@@H](O[C@@H](C(O)CO[C@H]2C[C@@H](C)[C@@H](O)C(O)C2O)[C@H](O)C(CNc2ccccc2C(=O)O)NC(C)=O)C(NC(C)=O)[C@H]1O. The molecule has 3 rings (SSSR count). The van der Waals surface area contributed by atoms with E-state index in [9.17, 15) is 55.2 Å². The van der Waals surface area contributed by atoms with Crippen molar-refractivity contribution >= 4 is 23.5 Å². The van der Waals surface area contributed by atoms with Crippen molar-refractivity contribution in [2.24, 2.45) is 5.92 Å². The van der Waals surface area contributed by atoms with Crippen LogP contribution in [0.3, 0.4) is 0 Å². The molecule has 1 saturated heterocycles. The van der Waals surface area contributed by atoms with Crippen molar-refractivity contribution in [3.05, 3.63) is 29.8 Å². The highest BCUT2D eigenvalue weighted by Crippen LogP contribution is 2.30. The number of benzene rings is 1. The number of aliphatic hydroxyl groups is 7. The molecule has 18 heteroatoms. The average molecular weight is 704 g/mol. The van der Waals surface area contributed by atoms with Crippen molar-refractivity contribution in [3.63, 3.8) is 0 Å². The highest BCUT2D eigenvalue weighted by molar-refractivity contribution is 5.94. The van der Waals surface area contributed by atoms with Crippen LogP contribution < -0.4 is 16.0 Å². The summed E-state index contributed by atoms with van der Waals surface area (Å²) in [5.74, 6) is -2.95. The van der Waals surface area contributed by atoms with Crippen LogP contribution in [0.25, 0.3) is 0 Å². The molecule has 1 aromatic carbocycles. The van der Waals surface area contributed by atoms with Gasteiger partial charge in [-0.25, -0.2) is 4.79 Å². The van der Waals surface area contributed by atoms with Gasteiger partial charge in [-0.1, -0.05) is 19.1 Å². The topological polar surface area (TPSA) is 286 Å². The minimum Gasteiger partial charge on any atom is -0.478 e. The van der Waals surface area contributed by atoms with E-state index in [-0.39, 0.29) is 24.2 Å².